The lowest BCUT2D eigenvalue weighted by Crippen LogP contribution is -2.35. The smallest absolute Gasteiger partial charge is 0.120 e. The summed E-state index contributed by atoms with van der Waals surface area (Å²) < 4.78 is 6.82. The van der Waals surface area contributed by atoms with Gasteiger partial charge in [0, 0.05) is 16.6 Å². The molecule has 0 aliphatic rings. The summed E-state index contributed by atoms with van der Waals surface area (Å²) >= 11 is 3.57. The molecule has 0 radical (unpaired) electrons. The molecule has 0 spiro atoms. The van der Waals surface area contributed by atoms with E-state index in [9.17, 15) is 0 Å². The molecule has 0 saturated carbocycles. The summed E-state index contributed by atoms with van der Waals surface area (Å²) in [5, 5.41) is 3.47. The fraction of sp³-hybridized carbons (Fsp3) is 0.467. The lowest BCUT2D eigenvalue weighted by Gasteiger charge is -2.21. The van der Waals surface area contributed by atoms with E-state index < -0.39 is 0 Å². The molecule has 0 heterocycles. The van der Waals surface area contributed by atoms with Crippen LogP contribution in [0.25, 0.3) is 0 Å². The van der Waals surface area contributed by atoms with Gasteiger partial charge in [0.15, 0.2) is 0 Å². The van der Waals surface area contributed by atoms with E-state index >= 15 is 0 Å². The molecule has 1 aromatic rings. The second kappa shape index (κ2) is 6.39. The molecular weight excluding hydrogens is 290 g/mol. The van der Waals surface area contributed by atoms with Crippen LogP contribution in [0.15, 0.2) is 35.3 Å². The van der Waals surface area contributed by atoms with E-state index in [-0.39, 0.29) is 11.6 Å². The molecule has 0 bridgehead atoms. The maximum Gasteiger partial charge on any atom is 0.120 e. The predicted molar refractivity (Wildman–Crippen MR) is 81.0 cm³/mol. The Balaban J connectivity index is 2.78. The third kappa shape index (κ3) is 5.23. The minimum atomic E-state index is 0.0228. The molecule has 1 unspecified atom stereocenters. The molecule has 0 aromatic heterocycles. The van der Waals surface area contributed by atoms with Gasteiger partial charge in [0.2, 0.25) is 0 Å². The largest absolute Gasteiger partial charge is 0.487 e. The van der Waals surface area contributed by atoms with Crippen molar-refractivity contribution >= 4 is 15.9 Å². The van der Waals surface area contributed by atoms with Crippen molar-refractivity contribution in [3.8, 4) is 5.75 Å². The van der Waals surface area contributed by atoms with Crippen LogP contribution in [-0.2, 0) is 6.54 Å². The van der Waals surface area contributed by atoms with Gasteiger partial charge < -0.3 is 10.1 Å². The molecule has 3 heteroatoms. The van der Waals surface area contributed by atoms with Gasteiger partial charge in [-0.1, -0.05) is 28.6 Å². The standard InChI is InChI=1S/C15H22BrNO/c1-6-11(2)18-13-7-8-14(16)12(9-13)10-17-15(3,4)5/h6-9,11,17H,1,10H2,2-5H3. The van der Waals surface area contributed by atoms with Gasteiger partial charge in [-0.25, -0.2) is 0 Å². The highest BCUT2D eigenvalue weighted by molar-refractivity contribution is 9.10. The zero-order valence-corrected chi connectivity index (χ0v) is 13.2. The minimum absolute atomic E-state index is 0.0228. The molecule has 100 valence electrons. The van der Waals surface area contributed by atoms with Gasteiger partial charge >= 0.3 is 0 Å². The van der Waals surface area contributed by atoms with E-state index in [0.717, 1.165) is 16.8 Å². The maximum atomic E-state index is 5.72. The molecule has 1 atom stereocenters. The monoisotopic (exact) mass is 311 g/mol. The van der Waals surface area contributed by atoms with Crippen LogP contribution in [0, 0.1) is 0 Å². The predicted octanol–water partition coefficient (Wildman–Crippen LogP) is 4.29. The lowest BCUT2D eigenvalue weighted by molar-refractivity contribution is 0.270. The second-order valence-corrected chi connectivity index (χ2v) is 6.27. The first-order valence-corrected chi connectivity index (χ1v) is 6.94. The Morgan fingerprint density at radius 3 is 2.67 bits per heavy atom. The summed E-state index contributed by atoms with van der Waals surface area (Å²) in [4.78, 5) is 0. The van der Waals surface area contributed by atoms with Gasteiger partial charge in [0.25, 0.3) is 0 Å². The quantitative estimate of drug-likeness (QED) is 0.819. The zero-order valence-electron chi connectivity index (χ0n) is 11.6. The third-order valence-electron chi connectivity index (χ3n) is 2.48. The second-order valence-electron chi connectivity index (χ2n) is 5.42. The number of hydrogen-bond donors (Lipinski definition) is 1. The van der Waals surface area contributed by atoms with E-state index in [0.29, 0.717) is 0 Å². The van der Waals surface area contributed by atoms with Crippen LogP contribution in [0.3, 0.4) is 0 Å². The molecule has 18 heavy (non-hydrogen) atoms. The van der Waals surface area contributed by atoms with E-state index in [4.69, 9.17) is 4.74 Å². The van der Waals surface area contributed by atoms with Crippen molar-refractivity contribution < 1.29 is 4.74 Å². The van der Waals surface area contributed by atoms with E-state index in [1.54, 1.807) is 6.08 Å². The Kier molecular flexibility index (Phi) is 5.42. The normalized spacial score (nSPS) is 13.2. The highest BCUT2D eigenvalue weighted by Crippen LogP contribution is 2.24. The third-order valence-corrected chi connectivity index (χ3v) is 3.25. The summed E-state index contributed by atoms with van der Waals surface area (Å²) in [5.41, 5.74) is 1.30. The van der Waals surface area contributed by atoms with Crippen LogP contribution < -0.4 is 10.1 Å². The zero-order chi connectivity index (χ0) is 13.8. The average Bonchev–Trinajstić information content (AvgIpc) is 2.28. The molecule has 0 amide bonds. The highest BCUT2D eigenvalue weighted by Gasteiger charge is 2.10. The van der Waals surface area contributed by atoms with Crippen LogP contribution in [0.5, 0.6) is 5.75 Å². The van der Waals surface area contributed by atoms with E-state index in [2.05, 4.69) is 54.7 Å². The van der Waals surface area contributed by atoms with Gasteiger partial charge in [-0.15, -0.1) is 0 Å². The summed E-state index contributed by atoms with van der Waals surface area (Å²) in [7, 11) is 0. The molecule has 0 fully saturated rings. The number of ether oxygens (including phenoxy) is 1. The Morgan fingerprint density at radius 2 is 2.11 bits per heavy atom. The summed E-state index contributed by atoms with van der Waals surface area (Å²) in [5.74, 6) is 0.872. The molecule has 0 saturated heterocycles. The number of benzene rings is 1. The van der Waals surface area contributed by atoms with Crippen molar-refractivity contribution in [1.29, 1.82) is 0 Å². The Bertz CT molecular complexity index is 409. The van der Waals surface area contributed by atoms with Gasteiger partial charge in [-0.3, -0.25) is 0 Å². The van der Waals surface area contributed by atoms with Gasteiger partial charge in [0.05, 0.1) is 0 Å². The number of nitrogens with one attached hydrogen (secondary N) is 1. The Hall–Kier alpha value is -0.800. The van der Waals surface area contributed by atoms with Crippen LogP contribution in [0.2, 0.25) is 0 Å². The fourth-order valence-electron chi connectivity index (χ4n) is 1.38. The van der Waals surface area contributed by atoms with Gasteiger partial charge in [-0.2, -0.15) is 0 Å². The minimum Gasteiger partial charge on any atom is -0.487 e. The first kappa shape index (κ1) is 15.3. The van der Waals surface area contributed by atoms with Gasteiger partial charge in [-0.05, 0) is 51.5 Å². The van der Waals surface area contributed by atoms with Crippen molar-refractivity contribution in [2.75, 3.05) is 0 Å². The lowest BCUT2D eigenvalue weighted by atomic mass is 10.1. The summed E-state index contributed by atoms with van der Waals surface area (Å²) in [6.45, 7) is 13.0. The first-order valence-electron chi connectivity index (χ1n) is 6.14. The van der Waals surface area contributed by atoms with Crippen LogP contribution in [0.1, 0.15) is 33.3 Å². The molecule has 0 aliphatic heterocycles. The molecular formula is C15H22BrNO. The van der Waals surface area contributed by atoms with Crippen molar-refractivity contribution in [3.63, 3.8) is 0 Å². The molecule has 0 aliphatic carbocycles. The van der Waals surface area contributed by atoms with Crippen LogP contribution in [0.4, 0.5) is 0 Å². The molecule has 1 N–H and O–H groups in total. The van der Waals surface area contributed by atoms with Crippen LogP contribution >= 0.6 is 15.9 Å². The molecule has 1 rings (SSSR count). The van der Waals surface area contributed by atoms with E-state index in [1.165, 1.54) is 5.56 Å². The maximum absolute atomic E-state index is 5.72. The van der Waals surface area contributed by atoms with Crippen molar-refractivity contribution in [3.05, 3.63) is 40.9 Å². The van der Waals surface area contributed by atoms with Gasteiger partial charge in [0.1, 0.15) is 11.9 Å². The SMILES string of the molecule is C=CC(C)Oc1ccc(Br)c(CNC(C)(C)C)c1. The van der Waals surface area contributed by atoms with Crippen LogP contribution in [-0.4, -0.2) is 11.6 Å². The van der Waals surface area contributed by atoms with Crippen molar-refractivity contribution in [2.45, 2.75) is 45.9 Å². The first-order chi connectivity index (χ1) is 8.31. The number of halogens is 1. The average molecular weight is 312 g/mol. The van der Waals surface area contributed by atoms with E-state index in [1.807, 2.05) is 19.1 Å². The number of hydrogen-bond acceptors (Lipinski definition) is 2. The summed E-state index contributed by atoms with van der Waals surface area (Å²) in [6, 6.07) is 6.04. The van der Waals surface area contributed by atoms with Crippen molar-refractivity contribution in [1.82, 2.24) is 5.32 Å². The molecule has 1 aromatic carbocycles. The van der Waals surface area contributed by atoms with Crippen molar-refractivity contribution in [2.24, 2.45) is 0 Å². The number of rotatable bonds is 5. The fourth-order valence-corrected chi connectivity index (χ4v) is 1.77. The Morgan fingerprint density at radius 1 is 1.44 bits per heavy atom. The Labute approximate surface area is 119 Å². The highest BCUT2D eigenvalue weighted by atomic mass is 79.9. The summed E-state index contributed by atoms with van der Waals surface area (Å²) in [6.07, 6.45) is 1.81. The molecule has 2 nitrogen and oxygen atoms in total. The topological polar surface area (TPSA) is 21.3 Å².